The highest BCUT2D eigenvalue weighted by Crippen LogP contribution is 2.26. The molecule has 0 aliphatic carbocycles. The molecule has 1 aliphatic rings. The van der Waals surface area contributed by atoms with Gasteiger partial charge in [-0.25, -0.2) is 4.98 Å². The average molecular weight is 219 g/mol. The lowest BCUT2D eigenvalue weighted by atomic mass is 10.2. The summed E-state index contributed by atoms with van der Waals surface area (Å²) in [5, 5.41) is 10.2. The van der Waals surface area contributed by atoms with E-state index in [4.69, 9.17) is 0 Å². The van der Waals surface area contributed by atoms with Crippen molar-refractivity contribution in [2.75, 3.05) is 18.4 Å². The van der Waals surface area contributed by atoms with Crippen LogP contribution in [0.1, 0.15) is 6.42 Å². The van der Waals surface area contributed by atoms with Crippen molar-refractivity contribution in [2.24, 2.45) is 0 Å². The largest absolute Gasteiger partial charge is 0.365 e. The first-order valence-corrected chi connectivity index (χ1v) is 6.11. The normalized spacial score (nSPS) is 20.9. The van der Waals surface area contributed by atoms with Gasteiger partial charge in [-0.2, -0.15) is 0 Å². The average Bonchev–Trinajstić information content (AvgIpc) is 2.87. The van der Waals surface area contributed by atoms with Crippen LogP contribution in [0.2, 0.25) is 0 Å². The van der Waals surface area contributed by atoms with Gasteiger partial charge in [0.15, 0.2) is 0 Å². The Morgan fingerprint density at radius 1 is 1.47 bits per heavy atom. The molecule has 3 nitrogen and oxygen atoms in total. The number of anilines is 1. The Balaban J connectivity index is 1.92. The van der Waals surface area contributed by atoms with Crippen molar-refractivity contribution >= 4 is 27.2 Å². The maximum Gasteiger partial charge on any atom is 0.134 e. The van der Waals surface area contributed by atoms with E-state index in [1.165, 1.54) is 16.5 Å². The summed E-state index contributed by atoms with van der Waals surface area (Å²) in [6, 6.07) is 4.73. The summed E-state index contributed by atoms with van der Waals surface area (Å²) in [7, 11) is 0. The summed E-state index contributed by atoms with van der Waals surface area (Å²) >= 11 is 1.76. The molecule has 2 aromatic heterocycles. The standard InChI is InChI=1S/C11H13N3S/c1-4-12-7-8(1)14-11-9-3-6-15-10(9)2-5-13-11/h2-3,5-6,8,12H,1,4,7H2,(H,13,14). The number of rotatable bonds is 2. The fourth-order valence-electron chi connectivity index (χ4n) is 1.98. The van der Waals surface area contributed by atoms with E-state index in [2.05, 4.69) is 33.1 Å². The first-order chi connectivity index (χ1) is 7.43. The zero-order valence-electron chi connectivity index (χ0n) is 8.36. The highest BCUT2D eigenvalue weighted by molar-refractivity contribution is 7.17. The maximum atomic E-state index is 4.41. The first kappa shape index (κ1) is 9.12. The molecule has 0 amide bonds. The first-order valence-electron chi connectivity index (χ1n) is 5.23. The van der Waals surface area contributed by atoms with Crippen molar-refractivity contribution in [1.29, 1.82) is 0 Å². The predicted molar refractivity (Wildman–Crippen MR) is 64.5 cm³/mol. The van der Waals surface area contributed by atoms with E-state index in [0.717, 1.165) is 18.9 Å². The summed E-state index contributed by atoms with van der Waals surface area (Å²) in [6.45, 7) is 2.15. The van der Waals surface area contributed by atoms with Gasteiger partial charge in [-0.1, -0.05) is 0 Å². The Morgan fingerprint density at radius 2 is 2.47 bits per heavy atom. The molecule has 2 N–H and O–H groups in total. The molecule has 78 valence electrons. The molecule has 15 heavy (non-hydrogen) atoms. The minimum absolute atomic E-state index is 0.531. The van der Waals surface area contributed by atoms with Gasteiger partial charge < -0.3 is 10.6 Å². The van der Waals surface area contributed by atoms with Crippen LogP contribution in [0, 0.1) is 0 Å². The van der Waals surface area contributed by atoms with Crippen molar-refractivity contribution in [2.45, 2.75) is 12.5 Å². The lowest BCUT2D eigenvalue weighted by Crippen LogP contribution is -2.22. The van der Waals surface area contributed by atoms with Gasteiger partial charge in [-0.05, 0) is 30.5 Å². The lowest BCUT2D eigenvalue weighted by Gasteiger charge is -2.12. The van der Waals surface area contributed by atoms with E-state index >= 15 is 0 Å². The van der Waals surface area contributed by atoms with E-state index in [1.807, 2.05) is 6.20 Å². The molecule has 1 saturated heterocycles. The molecule has 1 atom stereocenters. The molecular formula is C11H13N3S. The Hall–Kier alpha value is -1.13. The summed E-state index contributed by atoms with van der Waals surface area (Å²) < 4.78 is 1.30. The van der Waals surface area contributed by atoms with E-state index < -0.39 is 0 Å². The van der Waals surface area contributed by atoms with Crippen molar-refractivity contribution < 1.29 is 0 Å². The molecule has 1 unspecified atom stereocenters. The molecule has 0 radical (unpaired) electrons. The van der Waals surface area contributed by atoms with Crippen molar-refractivity contribution in [3.05, 3.63) is 23.7 Å². The Kier molecular flexibility index (Phi) is 2.31. The zero-order valence-corrected chi connectivity index (χ0v) is 9.18. The Labute approximate surface area is 92.5 Å². The van der Waals surface area contributed by atoms with Gasteiger partial charge in [0.25, 0.3) is 0 Å². The molecule has 1 aliphatic heterocycles. The number of nitrogens with zero attached hydrogens (tertiary/aromatic N) is 1. The lowest BCUT2D eigenvalue weighted by molar-refractivity contribution is 0.789. The number of aromatic nitrogens is 1. The van der Waals surface area contributed by atoms with Crippen molar-refractivity contribution in [1.82, 2.24) is 10.3 Å². The molecule has 0 bridgehead atoms. The second kappa shape index (κ2) is 3.79. The molecule has 4 heteroatoms. The Morgan fingerprint density at radius 3 is 3.33 bits per heavy atom. The number of nitrogens with one attached hydrogen (secondary N) is 2. The van der Waals surface area contributed by atoms with Gasteiger partial charge in [-0.15, -0.1) is 11.3 Å². The van der Waals surface area contributed by atoms with E-state index in [-0.39, 0.29) is 0 Å². The van der Waals surface area contributed by atoms with Crippen LogP contribution < -0.4 is 10.6 Å². The third-order valence-electron chi connectivity index (χ3n) is 2.78. The van der Waals surface area contributed by atoms with Crippen LogP contribution in [0.25, 0.3) is 10.1 Å². The smallest absolute Gasteiger partial charge is 0.134 e. The van der Waals surface area contributed by atoms with Gasteiger partial charge in [0.1, 0.15) is 5.82 Å². The molecule has 3 heterocycles. The van der Waals surface area contributed by atoms with Gasteiger partial charge in [0, 0.05) is 28.9 Å². The SMILES string of the molecule is c1cc2sccc2c(NC2CCNC2)n1. The topological polar surface area (TPSA) is 37.0 Å². The molecule has 3 rings (SSSR count). The summed E-state index contributed by atoms with van der Waals surface area (Å²) in [6.07, 6.45) is 3.06. The highest BCUT2D eigenvalue weighted by atomic mass is 32.1. The second-order valence-electron chi connectivity index (χ2n) is 3.83. The molecule has 1 fully saturated rings. The van der Waals surface area contributed by atoms with Gasteiger partial charge in [0.2, 0.25) is 0 Å². The van der Waals surface area contributed by atoms with Crippen molar-refractivity contribution in [3.63, 3.8) is 0 Å². The van der Waals surface area contributed by atoms with E-state index in [1.54, 1.807) is 11.3 Å². The van der Waals surface area contributed by atoms with Crippen LogP contribution in [0.3, 0.4) is 0 Å². The zero-order chi connectivity index (χ0) is 10.1. The number of fused-ring (bicyclic) bond motifs is 1. The third-order valence-corrected chi connectivity index (χ3v) is 3.66. The van der Waals surface area contributed by atoms with Gasteiger partial charge >= 0.3 is 0 Å². The summed E-state index contributed by atoms with van der Waals surface area (Å²) in [4.78, 5) is 4.41. The van der Waals surface area contributed by atoms with Crippen LogP contribution in [0.15, 0.2) is 23.7 Å². The number of hydrogen-bond acceptors (Lipinski definition) is 4. The van der Waals surface area contributed by atoms with Crippen LogP contribution >= 0.6 is 11.3 Å². The van der Waals surface area contributed by atoms with Crippen LogP contribution in [-0.4, -0.2) is 24.1 Å². The monoisotopic (exact) mass is 219 g/mol. The van der Waals surface area contributed by atoms with E-state index in [0.29, 0.717) is 6.04 Å². The van der Waals surface area contributed by atoms with Gasteiger partial charge in [0.05, 0.1) is 0 Å². The maximum absolute atomic E-state index is 4.41. The third kappa shape index (κ3) is 1.70. The second-order valence-corrected chi connectivity index (χ2v) is 4.77. The number of thiophene rings is 1. The van der Waals surface area contributed by atoms with Crippen molar-refractivity contribution in [3.8, 4) is 0 Å². The molecule has 0 saturated carbocycles. The number of hydrogen-bond donors (Lipinski definition) is 2. The summed E-state index contributed by atoms with van der Waals surface area (Å²) in [5.74, 6) is 1.03. The fraction of sp³-hybridized carbons (Fsp3) is 0.364. The fourth-order valence-corrected chi connectivity index (χ4v) is 2.76. The minimum atomic E-state index is 0.531. The van der Waals surface area contributed by atoms with Crippen LogP contribution in [-0.2, 0) is 0 Å². The molecule has 0 aromatic carbocycles. The minimum Gasteiger partial charge on any atom is -0.365 e. The molecule has 0 spiro atoms. The quantitative estimate of drug-likeness (QED) is 0.812. The van der Waals surface area contributed by atoms with Gasteiger partial charge in [-0.3, -0.25) is 0 Å². The van der Waals surface area contributed by atoms with Crippen LogP contribution in [0.4, 0.5) is 5.82 Å². The Bertz CT molecular complexity index is 460. The predicted octanol–water partition coefficient (Wildman–Crippen LogP) is 2.07. The molecule has 2 aromatic rings. The van der Waals surface area contributed by atoms with Crippen LogP contribution in [0.5, 0.6) is 0 Å². The molecular weight excluding hydrogens is 206 g/mol. The van der Waals surface area contributed by atoms with E-state index in [9.17, 15) is 0 Å². The highest BCUT2D eigenvalue weighted by Gasteiger charge is 2.15. The summed E-state index contributed by atoms with van der Waals surface area (Å²) in [5.41, 5.74) is 0. The number of pyridine rings is 1.